The summed E-state index contributed by atoms with van der Waals surface area (Å²) in [5.41, 5.74) is -0.739. The van der Waals surface area contributed by atoms with Crippen molar-refractivity contribution in [3.63, 3.8) is 0 Å². The van der Waals surface area contributed by atoms with Gasteiger partial charge in [0.15, 0.2) is 0 Å². The van der Waals surface area contributed by atoms with Gasteiger partial charge in [-0.25, -0.2) is 0 Å². The highest BCUT2D eigenvalue weighted by molar-refractivity contribution is 5.11. The molecule has 0 aromatic heterocycles. The van der Waals surface area contributed by atoms with Crippen LogP contribution in [0.2, 0.25) is 0 Å². The van der Waals surface area contributed by atoms with E-state index in [2.05, 4.69) is 37.8 Å². The van der Waals surface area contributed by atoms with Crippen LogP contribution in [0.4, 0.5) is 0 Å². The van der Waals surface area contributed by atoms with Gasteiger partial charge in [0.25, 0.3) is 0 Å². The van der Waals surface area contributed by atoms with Gasteiger partial charge < -0.3 is 10.2 Å². The molecule has 2 N–H and O–H groups in total. The van der Waals surface area contributed by atoms with Crippen LogP contribution in [0.25, 0.3) is 0 Å². The Morgan fingerprint density at radius 1 is 1.04 bits per heavy atom. The first kappa shape index (κ1) is 24.2. The van der Waals surface area contributed by atoms with Gasteiger partial charge in [-0.3, -0.25) is 0 Å². The summed E-state index contributed by atoms with van der Waals surface area (Å²) in [5, 5.41) is 19.5. The summed E-state index contributed by atoms with van der Waals surface area (Å²) in [6, 6.07) is 0. The molecule has 0 spiro atoms. The molecule has 2 heteroatoms. The molecule has 0 heterocycles. The highest BCUT2D eigenvalue weighted by Crippen LogP contribution is 2.32. The molecule has 2 nitrogen and oxygen atoms in total. The molecule has 0 fully saturated rings. The van der Waals surface area contributed by atoms with Crippen LogP contribution in [0.1, 0.15) is 96.8 Å². The van der Waals surface area contributed by atoms with Gasteiger partial charge in [-0.15, -0.1) is 6.58 Å². The second kappa shape index (κ2) is 15.1. The van der Waals surface area contributed by atoms with E-state index in [0.717, 1.165) is 31.6 Å². The van der Waals surface area contributed by atoms with Crippen molar-refractivity contribution in [1.29, 1.82) is 0 Å². The highest BCUT2D eigenvalue weighted by Gasteiger charge is 2.22. The van der Waals surface area contributed by atoms with Gasteiger partial charge in [0.05, 0.1) is 5.60 Å². The van der Waals surface area contributed by atoms with Crippen LogP contribution in [0.15, 0.2) is 37.0 Å². The number of hydrogen-bond donors (Lipinski definition) is 2. The molecule has 0 aromatic carbocycles. The lowest BCUT2D eigenvalue weighted by Crippen LogP contribution is -2.24. The number of aliphatic hydroxyl groups is 2. The molecule has 0 aromatic rings. The molecule has 0 saturated carbocycles. The quantitative estimate of drug-likeness (QED) is 0.218. The van der Waals surface area contributed by atoms with Crippen molar-refractivity contribution in [2.45, 2.75) is 102 Å². The van der Waals surface area contributed by atoms with Gasteiger partial charge in [0, 0.05) is 6.61 Å². The standard InChI is InChI=1S/C25H44O2/c1-3-5-6-12-20-25(27,4-2)21-15-19-24-18-14-17-23(24)16-11-9-7-8-10-13-22-26/h4,14-15,18-19,23-24,26-27H,2-3,5-13,16-17,20-22H2,1H3/b19-15+/t23-,24+,25?/m0/s1. The van der Waals surface area contributed by atoms with Crippen molar-refractivity contribution < 1.29 is 10.2 Å². The molecule has 0 radical (unpaired) electrons. The van der Waals surface area contributed by atoms with E-state index in [1.54, 1.807) is 6.08 Å². The largest absolute Gasteiger partial charge is 0.396 e. The smallest absolute Gasteiger partial charge is 0.0859 e. The molecular weight excluding hydrogens is 332 g/mol. The predicted octanol–water partition coefficient (Wildman–Crippen LogP) is 6.74. The first-order chi connectivity index (χ1) is 13.1. The van der Waals surface area contributed by atoms with E-state index >= 15 is 0 Å². The fourth-order valence-electron chi connectivity index (χ4n) is 4.06. The molecule has 3 atom stereocenters. The Hall–Kier alpha value is -0.860. The Morgan fingerprint density at radius 2 is 1.74 bits per heavy atom. The Kier molecular flexibility index (Phi) is 13.5. The van der Waals surface area contributed by atoms with Crippen LogP contribution in [0, 0.1) is 11.8 Å². The lowest BCUT2D eigenvalue weighted by Gasteiger charge is -2.23. The summed E-state index contributed by atoms with van der Waals surface area (Å²) < 4.78 is 0. The second-order valence-electron chi connectivity index (χ2n) is 8.39. The van der Waals surface area contributed by atoms with Gasteiger partial charge in [-0.2, -0.15) is 0 Å². The minimum Gasteiger partial charge on any atom is -0.396 e. The van der Waals surface area contributed by atoms with Crippen molar-refractivity contribution in [3.05, 3.63) is 37.0 Å². The minimum absolute atomic E-state index is 0.335. The van der Waals surface area contributed by atoms with Gasteiger partial charge in [-0.05, 0) is 43.9 Å². The van der Waals surface area contributed by atoms with Crippen molar-refractivity contribution in [2.24, 2.45) is 11.8 Å². The summed E-state index contributed by atoms with van der Waals surface area (Å²) >= 11 is 0. The predicted molar refractivity (Wildman–Crippen MR) is 118 cm³/mol. The van der Waals surface area contributed by atoms with Crippen molar-refractivity contribution >= 4 is 0 Å². The number of unbranched alkanes of at least 4 members (excludes halogenated alkanes) is 8. The van der Waals surface area contributed by atoms with E-state index < -0.39 is 5.60 Å². The van der Waals surface area contributed by atoms with E-state index in [0.29, 0.717) is 18.9 Å². The van der Waals surface area contributed by atoms with Crippen molar-refractivity contribution in [2.75, 3.05) is 6.61 Å². The molecule has 1 aliphatic rings. The third-order valence-electron chi connectivity index (χ3n) is 6.00. The van der Waals surface area contributed by atoms with Crippen LogP contribution >= 0.6 is 0 Å². The Balaban J connectivity index is 2.27. The molecular formula is C25H44O2. The van der Waals surface area contributed by atoms with Gasteiger partial charge in [0.2, 0.25) is 0 Å². The topological polar surface area (TPSA) is 40.5 Å². The fourth-order valence-corrected chi connectivity index (χ4v) is 4.06. The number of rotatable bonds is 17. The fraction of sp³-hybridized carbons (Fsp3) is 0.760. The summed E-state index contributed by atoms with van der Waals surface area (Å²) in [5.74, 6) is 1.27. The van der Waals surface area contributed by atoms with Gasteiger partial charge >= 0.3 is 0 Å². The molecule has 0 amide bonds. The van der Waals surface area contributed by atoms with Crippen molar-refractivity contribution in [1.82, 2.24) is 0 Å². The summed E-state index contributed by atoms with van der Waals surface area (Å²) in [4.78, 5) is 0. The van der Waals surface area contributed by atoms with E-state index in [-0.39, 0.29) is 0 Å². The third-order valence-corrected chi connectivity index (χ3v) is 6.00. The third kappa shape index (κ3) is 10.9. The molecule has 0 bridgehead atoms. The lowest BCUT2D eigenvalue weighted by atomic mass is 9.88. The summed E-state index contributed by atoms with van der Waals surface area (Å²) in [7, 11) is 0. The molecule has 1 unspecified atom stereocenters. The number of allylic oxidation sites excluding steroid dienone is 3. The lowest BCUT2D eigenvalue weighted by molar-refractivity contribution is 0.0817. The van der Waals surface area contributed by atoms with E-state index in [4.69, 9.17) is 5.11 Å². The first-order valence-electron chi connectivity index (χ1n) is 11.5. The van der Waals surface area contributed by atoms with Crippen LogP contribution in [0.3, 0.4) is 0 Å². The zero-order valence-corrected chi connectivity index (χ0v) is 17.7. The second-order valence-corrected chi connectivity index (χ2v) is 8.39. The number of aliphatic hydroxyl groups excluding tert-OH is 1. The molecule has 1 rings (SSSR count). The van der Waals surface area contributed by atoms with Crippen molar-refractivity contribution in [3.8, 4) is 0 Å². The number of hydrogen-bond acceptors (Lipinski definition) is 2. The van der Waals surface area contributed by atoms with Crippen LogP contribution in [-0.2, 0) is 0 Å². The zero-order chi connectivity index (χ0) is 19.8. The zero-order valence-electron chi connectivity index (χ0n) is 17.7. The average molecular weight is 377 g/mol. The van der Waals surface area contributed by atoms with Crippen LogP contribution in [0.5, 0.6) is 0 Å². The molecule has 27 heavy (non-hydrogen) atoms. The van der Waals surface area contributed by atoms with Crippen LogP contribution in [-0.4, -0.2) is 22.4 Å². The minimum atomic E-state index is -0.739. The highest BCUT2D eigenvalue weighted by atomic mass is 16.3. The van der Waals surface area contributed by atoms with E-state index in [9.17, 15) is 5.11 Å². The average Bonchev–Trinajstić information content (AvgIpc) is 3.12. The summed E-state index contributed by atoms with van der Waals surface area (Å²) in [6.07, 6.45) is 26.9. The molecule has 0 aliphatic heterocycles. The first-order valence-corrected chi connectivity index (χ1v) is 11.5. The molecule has 156 valence electrons. The maximum absolute atomic E-state index is 10.7. The Bertz CT molecular complexity index is 426. The van der Waals surface area contributed by atoms with Gasteiger partial charge in [0.1, 0.15) is 0 Å². The Labute approximate surface area is 168 Å². The Morgan fingerprint density at radius 3 is 2.44 bits per heavy atom. The summed E-state index contributed by atoms with van der Waals surface area (Å²) in [6.45, 7) is 6.41. The maximum Gasteiger partial charge on any atom is 0.0859 e. The normalized spacial score (nSPS) is 21.7. The maximum atomic E-state index is 10.7. The monoisotopic (exact) mass is 376 g/mol. The van der Waals surface area contributed by atoms with Crippen LogP contribution < -0.4 is 0 Å². The van der Waals surface area contributed by atoms with Gasteiger partial charge in [-0.1, -0.05) is 95.1 Å². The molecule has 0 saturated heterocycles. The van der Waals surface area contributed by atoms with E-state index in [1.165, 1.54) is 57.8 Å². The molecule has 1 aliphatic carbocycles. The SMILES string of the molecule is C=CC(O)(C/C=C/[C@H]1C=CC[C@@H]1CCCCCCCCO)CCCCCC. The van der Waals surface area contributed by atoms with E-state index in [1.807, 2.05) is 0 Å².